The van der Waals surface area contributed by atoms with E-state index < -0.39 is 33.2 Å². The van der Waals surface area contributed by atoms with Crippen molar-refractivity contribution in [3.63, 3.8) is 0 Å². The van der Waals surface area contributed by atoms with Gasteiger partial charge in [0, 0.05) is 13.0 Å². The van der Waals surface area contributed by atoms with Crippen LogP contribution >= 0.6 is 31.9 Å². The third-order valence-corrected chi connectivity index (χ3v) is 10.3. The van der Waals surface area contributed by atoms with E-state index in [4.69, 9.17) is 9.16 Å². The van der Waals surface area contributed by atoms with Gasteiger partial charge in [-0.2, -0.15) is 5.10 Å². The van der Waals surface area contributed by atoms with Crippen molar-refractivity contribution in [2.75, 3.05) is 13.2 Å². The molecule has 0 bridgehead atoms. The van der Waals surface area contributed by atoms with E-state index in [-0.39, 0.29) is 28.4 Å². The summed E-state index contributed by atoms with van der Waals surface area (Å²) in [5, 5.41) is 3.95. The number of carbonyl (C=O) groups excluding carboxylic acids is 1. The monoisotopic (exact) mass is 518 g/mol. The summed E-state index contributed by atoms with van der Waals surface area (Å²) in [7, 11) is -2.24. The Hall–Kier alpha value is -0.323. The van der Waals surface area contributed by atoms with Crippen molar-refractivity contribution in [3.8, 4) is 0 Å². The number of aryl methyl sites for hydroxylation is 1. The molecule has 0 N–H and O–H groups in total. The summed E-state index contributed by atoms with van der Waals surface area (Å²) in [6, 6.07) is 0. The fourth-order valence-corrected chi connectivity index (χ4v) is 4.20. The SMILES string of the molecule is CCOC(=O)c1c(Br)nn(CCC(F)(F)CO[Si](C)(C)C(C)(C)C)c1Br. The van der Waals surface area contributed by atoms with Gasteiger partial charge in [-0.1, -0.05) is 20.8 Å². The molecule has 1 aromatic heterocycles. The minimum Gasteiger partial charge on any atom is -0.462 e. The smallest absolute Gasteiger partial charge is 0.343 e. The Morgan fingerprint density at radius 1 is 1.27 bits per heavy atom. The molecule has 0 aliphatic carbocycles. The molecular formula is C16H26Br2F2N2O3Si. The number of halogens is 4. The zero-order chi connectivity index (χ0) is 20.3. The summed E-state index contributed by atoms with van der Waals surface area (Å²) in [6.45, 7) is 11.1. The fourth-order valence-electron chi connectivity index (χ4n) is 1.78. The molecule has 0 radical (unpaired) electrons. The first kappa shape index (κ1) is 23.7. The van der Waals surface area contributed by atoms with Gasteiger partial charge in [-0.05, 0) is 56.9 Å². The van der Waals surface area contributed by atoms with Gasteiger partial charge >= 0.3 is 5.97 Å². The minimum atomic E-state index is -2.99. The molecule has 0 spiro atoms. The van der Waals surface area contributed by atoms with Crippen molar-refractivity contribution in [2.24, 2.45) is 0 Å². The summed E-state index contributed by atoms with van der Waals surface area (Å²) < 4.78 is 41.0. The van der Waals surface area contributed by atoms with Gasteiger partial charge in [-0.25, -0.2) is 13.6 Å². The average Bonchev–Trinajstić information content (AvgIpc) is 2.77. The first-order chi connectivity index (χ1) is 11.7. The molecule has 0 saturated heterocycles. The highest BCUT2D eigenvalue weighted by atomic mass is 79.9. The normalized spacial score (nSPS) is 13.2. The molecule has 0 saturated carbocycles. The van der Waals surface area contributed by atoms with E-state index in [1.54, 1.807) is 6.92 Å². The zero-order valence-electron chi connectivity index (χ0n) is 16.0. The highest BCUT2D eigenvalue weighted by Crippen LogP contribution is 2.38. The number of hydrogen-bond donors (Lipinski definition) is 0. The third kappa shape index (κ3) is 6.10. The maximum Gasteiger partial charge on any atom is 0.343 e. The summed E-state index contributed by atoms with van der Waals surface area (Å²) in [5.74, 6) is -3.55. The molecule has 0 aliphatic rings. The van der Waals surface area contributed by atoms with Crippen LogP contribution in [0.1, 0.15) is 44.5 Å². The largest absolute Gasteiger partial charge is 0.462 e. The molecule has 1 aromatic rings. The number of hydrogen-bond acceptors (Lipinski definition) is 4. The van der Waals surface area contributed by atoms with Gasteiger partial charge in [0.1, 0.15) is 14.8 Å². The first-order valence-electron chi connectivity index (χ1n) is 8.32. The molecule has 0 amide bonds. The van der Waals surface area contributed by atoms with Crippen LogP contribution in [-0.4, -0.2) is 43.2 Å². The molecule has 1 rings (SSSR count). The molecule has 26 heavy (non-hydrogen) atoms. The highest BCUT2D eigenvalue weighted by Gasteiger charge is 2.40. The van der Waals surface area contributed by atoms with Crippen LogP contribution in [0.25, 0.3) is 0 Å². The number of carbonyl (C=O) groups is 1. The van der Waals surface area contributed by atoms with Crippen molar-refractivity contribution in [1.82, 2.24) is 9.78 Å². The maximum atomic E-state index is 14.3. The van der Waals surface area contributed by atoms with E-state index >= 15 is 0 Å². The number of aromatic nitrogens is 2. The Morgan fingerprint density at radius 2 is 1.85 bits per heavy atom. The Kier molecular flexibility index (Phi) is 8.02. The predicted octanol–water partition coefficient (Wildman–Crippen LogP) is 5.63. The molecule has 10 heteroatoms. The van der Waals surface area contributed by atoms with Crippen molar-refractivity contribution < 1.29 is 22.7 Å². The second-order valence-corrected chi connectivity index (χ2v) is 13.9. The van der Waals surface area contributed by atoms with Gasteiger partial charge in [0.2, 0.25) is 0 Å². The minimum absolute atomic E-state index is 0.0630. The summed E-state index contributed by atoms with van der Waals surface area (Å²) in [5.41, 5.74) is 0.188. The summed E-state index contributed by atoms with van der Waals surface area (Å²) in [6.07, 6.45) is -0.448. The Balaban J connectivity index is 2.76. The van der Waals surface area contributed by atoms with E-state index in [0.717, 1.165) is 0 Å². The second kappa shape index (κ2) is 8.79. The van der Waals surface area contributed by atoms with Gasteiger partial charge in [-0.15, -0.1) is 0 Å². The lowest BCUT2D eigenvalue weighted by molar-refractivity contribution is -0.0552. The Morgan fingerprint density at radius 3 is 2.35 bits per heavy atom. The standard InChI is InChI=1S/C16H26Br2F2N2O3Si/c1-7-24-14(23)11-12(17)21-22(13(11)18)9-8-16(19,20)10-25-26(5,6)15(2,3)4/h7-10H2,1-6H3. The molecule has 150 valence electrons. The van der Waals surface area contributed by atoms with E-state index in [1.807, 2.05) is 33.9 Å². The van der Waals surface area contributed by atoms with Crippen LogP contribution < -0.4 is 0 Å². The van der Waals surface area contributed by atoms with Crippen LogP contribution in [0.15, 0.2) is 9.21 Å². The number of ether oxygens (including phenoxy) is 1. The Bertz CT molecular complexity index is 646. The van der Waals surface area contributed by atoms with E-state index in [9.17, 15) is 13.6 Å². The molecule has 0 aliphatic heterocycles. The molecule has 0 fully saturated rings. The van der Waals surface area contributed by atoms with Crippen molar-refractivity contribution in [2.45, 2.75) is 64.7 Å². The topological polar surface area (TPSA) is 53.3 Å². The average molecular weight is 520 g/mol. The molecule has 1 heterocycles. The van der Waals surface area contributed by atoms with Gasteiger partial charge in [0.25, 0.3) is 5.92 Å². The quantitative estimate of drug-likeness (QED) is 0.330. The lowest BCUT2D eigenvalue weighted by atomic mass is 10.2. The fraction of sp³-hybridized carbons (Fsp3) is 0.750. The highest BCUT2D eigenvalue weighted by molar-refractivity contribution is 9.11. The first-order valence-corrected chi connectivity index (χ1v) is 12.8. The van der Waals surface area contributed by atoms with Gasteiger partial charge in [-0.3, -0.25) is 4.68 Å². The Labute approximate surface area is 171 Å². The number of nitrogens with zero attached hydrogens (tertiary/aromatic N) is 2. The third-order valence-electron chi connectivity index (χ3n) is 4.47. The van der Waals surface area contributed by atoms with Crippen LogP contribution in [0.2, 0.25) is 18.1 Å². The molecule has 0 unspecified atom stereocenters. The van der Waals surface area contributed by atoms with Crippen LogP contribution in [0.5, 0.6) is 0 Å². The molecular weight excluding hydrogens is 494 g/mol. The molecule has 5 nitrogen and oxygen atoms in total. The number of alkyl halides is 2. The predicted molar refractivity (Wildman–Crippen MR) is 106 cm³/mol. The van der Waals surface area contributed by atoms with Gasteiger partial charge in [0.15, 0.2) is 8.32 Å². The lowest BCUT2D eigenvalue weighted by Crippen LogP contribution is -2.44. The van der Waals surface area contributed by atoms with Crippen LogP contribution in [-0.2, 0) is 15.7 Å². The molecule has 0 atom stereocenters. The summed E-state index contributed by atoms with van der Waals surface area (Å²) in [4.78, 5) is 11.9. The zero-order valence-corrected chi connectivity index (χ0v) is 20.1. The van der Waals surface area contributed by atoms with Crippen molar-refractivity contribution in [3.05, 3.63) is 14.8 Å². The van der Waals surface area contributed by atoms with Crippen LogP contribution in [0.4, 0.5) is 8.78 Å². The van der Waals surface area contributed by atoms with Gasteiger partial charge < -0.3 is 9.16 Å². The number of esters is 1. The number of rotatable bonds is 8. The van der Waals surface area contributed by atoms with E-state index in [0.29, 0.717) is 4.60 Å². The maximum absolute atomic E-state index is 14.3. The molecule has 0 aromatic carbocycles. The lowest BCUT2D eigenvalue weighted by Gasteiger charge is -2.37. The van der Waals surface area contributed by atoms with E-state index in [1.165, 1.54) is 4.68 Å². The summed E-state index contributed by atoms with van der Waals surface area (Å²) >= 11 is 6.41. The van der Waals surface area contributed by atoms with Crippen LogP contribution in [0.3, 0.4) is 0 Å². The van der Waals surface area contributed by atoms with Gasteiger partial charge in [0.05, 0.1) is 13.2 Å². The second-order valence-electron chi connectivity index (χ2n) is 7.56. The van der Waals surface area contributed by atoms with Crippen LogP contribution in [0, 0.1) is 0 Å². The van der Waals surface area contributed by atoms with E-state index in [2.05, 4.69) is 37.0 Å². The van der Waals surface area contributed by atoms with Crippen molar-refractivity contribution >= 4 is 46.1 Å². The van der Waals surface area contributed by atoms with Crippen molar-refractivity contribution in [1.29, 1.82) is 0 Å².